The molecule has 2 aromatic carbocycles. The summed E-state index contributed by atoms with van der Waals surface area (Å²) in [6.07, 6.45) is -0.220. The van der Waals surface area contributed by atoms with Gasteiger partial charge in [-0.3, -0.25) is 10.2 Å². The summed E-state index contributed by atoms with van der Waals surface area (Å²) in [5.41, 5.74) is 6.26. The summed E-state index contributed by atoms with van der Waals surface area (Å²) in [5, 5.41) is 13.3. The smallest absolute Gasteiger partial charge is 0.254 e. The topological polar surface area (TPSA) is 109 Å². The van der Waals surface area contributed by atoms with Gasteiger partial charge in [0.2, 0.25) is 0 Å². The molecular weight excluding hydrogens is 418 g/mol. The lowest BCUT2D eigenvalue weighted by Crippen LogP contribution is -2.34. The number of ether oxygens (including phenoxy) is 2. The molecule has 2 aromatic rings. The van der Waals surface area contributed by atoms with Gasteiger partial charge in [0.1, 0.15) is 17.8 Å². The van der Waals surface area contributed by atoms with Gasteiger partial charge in [0, 0.05) is 18.7 Å². The molecule has 32 heavy (non-hydrogen) atoms. The molecule has 7 nitrogen and oxygen atoms in total. The molecule has 0 aliphatic carbocycles. The third-order valence-corrected chi connectivity index (χ3v) is 5.24. The Labute approximate surface area is 185 Å². The van der Waals surface area contributed by atoms with Crippen molar-refractivity contribution in [3.63, 3.8) is 0 Å². The van der Waals surface area contributed by atoms with E-state index >= 15 is 4.39 Å². The Bertz CT molecular complexity index is 947. The van der Waals surface area contributed by atoms with Crippen LogP contribution in [0, 0.1) is 17.0 Å². The van der Waals surface area contributed by atoms with Crippen molar-refractivity contribution in [1.29, 1.82) is 5.41 Å². The fraction of sp³-hybridized carbons (Fsp3) is 0.391. The number of amides is 1. The van der Waals surface area contributed by atoms with Gasteiger partial charge in [-0.25, -0.2) is 8.78 Å². The number of piperidine rings is 1. The van der Waals surface area contributed by atoms with Crippen molar-refractivity contribution in [3.8, 4) is 5.75 Å². The standard InChI is InChI=1S/C23H28F2N4O3/c1-2-31-21(23(30)29-13-14-3-5-15(6-4-14)22(26)27)19-17(24)7-8-18(20(19)25)32-16-9-11-28-12-10-16/h3-8,16,21,28H,2,9-13H2,1H3,(H3,26,27)(H,29,30)/t21-/m0/s1. The van der Waals surface area contributed by atoms with E-state index < -0.39 is 29.2 Å². The number of benzene rings is 2. The van der Waals surface area contributed by atoms with Crippen LogP contribution in [0.2, 0.25) is 0 Å². The second kappa shape index (κ2) is 11.0. The van der Waals surface area contributed by atoms with E-state index in [1.807, 2.05) is 0 Å². The average molecular weight is 446 g/mol. The van der Waals surface area contributed by atoms with E-state index in [2.05, 4.69) is 10.6 Å². The maximum Gasteiger partial charge on any atom is 0.254 e. The first-order valence-corrected chi connectivity index (χ1v) is 10.6. The molecule has 0 radical (unpaired) electrons. The predicted molar refractivity (Wildman–Crippen MR) is 117 cm³/mol. The first kappa shape index (κ1) is 23.6. The van der Waals surface area contributed by atoms with E-state index in [4.69, 9.17) is 20.6 Å². The van der Waals surface area contributed by atoms with Crippen LogP contribution < -0.4 is 21.1 Å². The minimum Gasteiger partial charge on any atom is -0.487 e. The number of hydrogen-bond acceptors (Lipinski definition) is 5. The first-order valence-electron chi connectivity index (χ1n) is 10.6. The van der Waals surface area contributed by atoms with Crippen molar-refractivity contribution >= 4 is 11.7 Å². The molecule has 0 saturated carbocycles. The maximum absolute atomic E-state index is 15.2. The highest BCUT2D eigenvalue weighted by Gasteiger charge is 2.30. The maximum atomic E-state index is 15.2. The van der Waals surface area contributed by atoms with Crippen LogP contribution in [0.1, 0.15) is 42.6 Å². The Balaban J connectivity index is 1.76. The zero-order chi connectivity index (χ0) is 23.1. The lowest BCUT2D eigenvalue weighted by molar-refractivity contribution is -0.133. The number of nitrogen functional groups attached to an aromatic ring is 1. The van der Waals surface area contributed by atoms with E-state index in [0.29, 0.717) is 18.4 Å². The van der Waals surface area contributed by atoms with Crippen LogP contribution in [0.4, 0.5) is 8.78 Å². The van der Waals surface area contributed by atoms with Crippen LogP contribution >= 0.6 is 0 Å². The van der Waals surface area contributed by atoms with Crippen LogP contribution in [-0.2, 0) is 16.1 Å². The molecule has 1 atom stereocenters. The third kappa shape index (κ3) is 5.80. The fourth-order valence-electron chi connectivity index (χ4n) is 3.51. The highest BCUT2D eigenvalue weighted by molar-refractivity contribution is 5.94. The van der Waals surface area contributed by atoms with Gasteiger partial charge < -0.3 is 25.8 Å². The summed E-state index contributed by atoms with van der Waals surface area (Å²) in [6.45, 7) is 3.38. The highest BCUT2D eigenvalue weighted by Crippen LogP contribution is 2.31. The minimum absolute atomic E-state index is 0.0606. The fourth-order valence-corrected chi connectivity index (χ4v) is 3.51. The Morgan fingerprint density at radius 2 is 1.91 bits per heavy atom. The molecule has 0 unspecified atom stereocenters. The van der Waals surface area contributed by atoms with Crippen molar-refractivity contribution < 1.29 is 23.0 Å². The van der Waals surface area contributed by atoms with Gasteiger partial charge in [-0.2, -0.15) is 0 Å². The van der Waals surface area contributed by atoms with E-state index in [1.165, 1.54) is 6.07 Å². The molecule has 9 heteroatoms. The van der Waals surface area contributed by atoms with E-state index in [-0.39, 0.29) is 30.8 Å². The summed E-state index contributed by atoms with van der Waals surface area (Å²) in [4.78, 5) is 12.8. The minimum atomic E-state index is -1.46. The number of nitrogens with one attached hydrogen (secondary N) is 3. The predicted octanol–water partition coefficient (Wildman–Crippen LogP) is 2.77. The zero-order valence-electron chi connectivity index (χ0n) is 17.9. The molecule has 5 N–H and O–H groups in total. The summed E-state index contributed by atoms with van der Waals surface area (Å²) in [7, 11) is 0. The SMILES string of the molecule is CCO[C@H](C(=O)NCc1ccc(C(=N)N)cc1)c1c(F)ccc(OC2CCNCC2)c1F. The first-order chi connectivity index (χ1) is 15.4. The molecule has 1 heterocycles. The lowest BCUT2D eigenvalue weighted by Gasteiger charge is -2.25. The number of nitrogens with two attached hydrogens (primary N) is 1. The van der Waals surface area contributed by atoms with Crippen molar-refractivity contribution in [3.05, 3.63) is 64.7 Å². The van der Waals surface area contributed by atoms with Crippen LogP contribution in [0.25, 0.3) is 0 Å². The summed E-state index contributed by atoms with van der Waals surface area (Å²) in [5.74, 6) is -2.62. The zero-order valence-corrected chi connectivity index (χ0v) is 17.9. The number of rotatable bonds is 9. The summed E-state index contributed by atoms with van der Waals surface area (Å²) >= 11 is 0. The lowest BCUT2D eigenvalue weighted by atomic mass is 10.1. The molecule has 1 aliphatic rings. The normalized spacial score (nSPS) is 15.2. The van der Waals surface area contributed by atoms with Crippen LogP contribution in [-0.4, -0.2) is 37.5 Å². The molecule has 0 bridgehead atoms. The summed E-state index contributed by atoms with van der Waals surface area (Å²) in [6, 6.07) is 9.07. The van der Waals surface area contributed by atoms with E-state index in [1.54, 1.807) is 31.2 Å². The van der Waals surface area contributed by atoms with E-state index in [0.717, 1.165) is 24.7 Å². The Morgan fingerprint density at radius 1 is 1.22 bits per heavy atom. The second-order valence-corrected chi connectivity index (χ2v) is 7.50. The molecule has 1 saturated heterocycles. The molecule has 172 valence electrons. The van der Waals surface area contributed by atoms with Crippen LogP contribution in [0.15, 0.2) is 36.4 Å². The second-order valence-electron chi connectivity index (χ2n) is 7.50. The van der Waals surface area contributed by atoms with Crippen molar-refractivity contribution in [2.75, 3.05) is 19.7 Å². The van der Waals surface area contributed by atoms with E-state index in [9.17, 15) is 9.18 Å². The number of hydrogen-bond donors (Lipinski definition) is 4. The van der Waals surface area contributed by atoms with Gasteiger partial charge in [0.15, 0.2) is 17.7 Å². The largest absolute Gasteiger partial charge is 0.487 e. The van der Waals surface area contributed by atoms with Crippen molar-refractivity contribution in [1.82, 2.24) is 10.6 Å². The van der Waals surface area contributed by atoms with Crippen LogP contribution in [0.5, 0.6) is 5.75 Å². The van der Waals surface area contributed by atoms with Gasteiger partial charge in [0.05, 0.1) is 5.56 Å². The van der Waals surface area contributed by atoms with Gasteiger partial charge in [0.25, 0.3) is 5.91 Å². The number of halogens is 2. The molecule has 0 aromatic heterocycles. The van der Waals surface area contributed by atoms with Crippen molar-refractivity contribution in [2.45, 2.75) is 38.5 Å². The van der Waals surface area contributed by atoms with Gasteiger partial charge >= 0.3 is 0 Å². The van der Waals surface area contributed by atoms with Crippen molar-refractivity contribution in [2.24, 2.45) is 5.73 Å². The molecular formula is C23H28F2N4O3. The number of carbonyl (C=O) groups is 1. The average Bonchev–Trinajstić information content (AvgIpc) is 2.80. The number of carbonyl (C=O) groups excluding carboxylic acids is 1. The van der Waals surface area contributed by atoms with Gasteiger partial charge in [-0.1, -0.05) is 24.3 Å². The van der Waals surface area contributed by atoms with Gasteiger partial charge in [-0.15, -0.1) is 0 Å². The van der Waals surface area contributed by atoms with Crippen LogP contribution in [0.3, 0.4) is 0 Å². The highest BCUT2D eigenvalue weighted by atomic mass is 19.1. The molecule has 1 aliphatic heterocycles. The molecule has 3 rings (SSSR count). The molecule has 1 amide bonds. The Hall–Kier alpha value is -3.04. The summed E-state index contributed by atoms with van der Waals surface area (Å²) < 4.78 is 41.0. The van der Waals surface area contributed by atoms with Gasteiger partial charge in [-0.05, 0) is 50.6 Å². The Morgan fingerprint density at radius 3 is 2.53 bits per heavy atom. The molecule has 1 fully saturated rings. The molecule has 0 spiro atoms. The third-order valence-electron chi connectivity index (χ3n) is 5.24. The monoisotopic (exact) mass is 446 g/mol. The quantitative estimate of drug-likeness (QED) is 0.350. The Kier molecular flexibility index (Phi) is 8.13. The number of amidine groups is 1.